The third kappa shape index (κ3) is 6.34. The molecule has 4 nitrogen and oxygen atoms in total. The molecule has 0 fully saturated rings. The van der Waals surface area contributed by atoms with E-state index < -0.39 is 6.43 Å². The number of ether oxygens (including phenoxy) is 1. The third-order valence-electron chi connectivity index (χ3n) is 5.82. The molecule has 1 aromatic heterocycles. The topological polar surface area (TPSA) is 63.0 Å². The van der Waals surface area contributed by atoms with Gasteiger partial charge < -0.3 is 4.74 Å². The number of hydrogen-bond donors (Lipinski definition) is 0. The fourth-order valence-electron chi connectivity index (χ4n) is 3.94. The summed E-state index contributed by atoms with van der Waals surface area (Å²) in [6.07, 6.45) is 0.460. The number of thioether (sulfide) groups is 1. The van der Waals surface area contributed by atoms with Crippen LogP contribution in [0.5, 0.6) is 5.75 Å². The molecule has 0 N–H and O–H groups in total. The second kappa shape index (κ2) is 12.3. The van der Waals surface area contributed by atoms with E-state index in [9.17, 15) is 18.8 Å². The van der Waals surface area contributed by atoms with Gasteiger partial charge in [0.1, 0.15) is 22.5 Å². The Kier molecular flexibility index (Phi) is 8.67. The zero-order chi connectivity index (χ0) is 27.1. The number of pyridine rings is 1. The van der Waals surface area contributed by atoms with Crippen LogP contribution in [0.3, 0.4) is 0 Å². The highest BCUT2D eigenvalue weighted by Gasteiger charge is 2.19. The lowest BCUT2D eigenvalue weighted by atomic mass is 10.0. The number of ketones is 1. The van der Waals surface area contributed by atoms with E-state index in [1.54, 1.807) is 49.6 Å². The summed E-state index contributed by atoms with van der Waals surface area (Å²) in [6.45, 7) is 1.93. The summed E-state index contributed by atoms with van der Waals surface area (Å²) in [5.74, 6) is 0.811. The summed E-state index contributed by atoms with van der Waals surface area (Å²) in [7, 11) is 1.55. The number of carbonyl (C=O) groups excluding carboxylic acids is 1. The lowest BCUT2D eigenvalue weighted by molar-refractivity contribution is 0.104. The second-order valence-corrected chi connectivity index (χ2v) is 9.44. The zero-order valence-electron chi connectivity index (χ0n) is 20.8. The first kappa shape index (κ1) is 26.8. The van der Waals surface area contributed by atoms with Crippen molar-refractivity contribution in [2.75, 3.05) is 7.11 Å². The molecule has 0 radical (unpaired) electrons. The summed E-state index contributed by atoms with van der Waals surface area (Å²) in [6, 6.07) is 25.2. The number of halogens is 2. The van der Waals surface area contributed by atoms with Gasteiger partial charge in [-0.15, -0.1) is 11.8 Å². The molecule has 0 aliphatic rings. The Labute approximate surface area is 224 Å². The van der Waals surface area contributed by atoms with Gasteiger partial charge >= 0.3 is 0 Å². The van der Waals surface area contributed by atoms with Crippen molar-refractivity contribution in [3.63, 3.8) is 0 Å². The molecule has 190 valence electrons. The SMILES string of the molecule is COc1ccc(/C=C/C(=O)c2cccc(C)c2)cc1CSc1nc(C(F)F)cc(-c2ccccc2)c1C#N. The van der Waals surface area contributed by atoms with Gasteiger partial charge in [0.05, 0.1) is 12.7 Å². The maximum Gasteiger partial charge on any atom is 0.280 e. The number of carbonyl (C=O) groups is 1. The standard InChI is InChI=1S/C31H24F2N2O2S/c1-20-7-6-10-23(15-20)28(36)13-11-21-12-14-29(37-2)24(16-21)19-38-31-26(18-34)25(17-27(35-31)30(32)33)22-8-4-3-5-9-22/h3-17,30H,19H2,1-2H3/b13-11+. The number of alkyl halides is 2. The van der Waals surface area contributed by atoms with E-state index in [-0.39, 0.29) is 22.1 Å². The fourth-order valence-corrected chi connectivity index (χ4v) is 4.93. The van der Waals surface area contributed by atoms with E-state index in [1.807, 2.05) is 43.3 Å². The highest BCUT2D eigenvalue weighted by Crippen LogP contribution is 2.36. The molecule has 0 amide bonds. The third-order valence-corrected chi connectivity index (χ3v) is 6.85. The van der Waals surface area contributed by atoms with Crippen LogP contribution in [0.1, 0.15) is 44.7 Å². The van der Waals surface area contributed by atoms with E-state index in [0.717, 1.165) is 16.7 Å². The van der Waals surface area contributed by atoms with Crippen molar-refractivity contribution in [1.29, 1.82) is 5.26 Å². The first-order valence-corrected chi connectivity index (χ1v) is 12.8. The number of rotatable bonds is 9. The summed E-state index contributed by atoms with van der Waals surface area (Å²) < 4.78 is 32.9. The monoisotopic (exact) mass is 526 g/mol. The van der Waals surface area contributed by atoms with Crippen molar-refractivity contribution >= 4 is 23.6 Å². The lowest BCUT2D eigenvalue weighted by Crippen LogP contribution is -2.00. The number of hydrogen-bond acceptors (Lipinski definition) is 5. The predicted octanol–water partition coefficient (Wildman–Crippen LogP) is 8.06. The zero-order valence-corrected chi connectivity index (χ0v) is 21.6. The van der Waals surface area contributed by atoms with Gasteiger partial charge in [0, 0.05) is 22.4 Å². The minimum absolute atomic E-state index is 0.111. The molecule has 0 spiro atoms. The molecule has 0 aliphatic heterocycles. The van der Waals surface area contributed by atoms with Crippen LogP contribution >= 0.6 is 11.8 Å². The van der Waals surface area contributed by atoms with Crippen LogP contribution in [0.4, 0.5) is 8.78 Å². The molecule has 3 aromatic carbocycles. The van der Waals surface area contributed by atoms with Crippen LogP contribution in [0, 0.1) is 18.3 Å². The lowest BCUT2D eigenvalue weighted by Gasteiger charge is -2.13. The molecule has 4 aromatic rings. The summed E-state index contributed by atoms with van der Waals surface area (Å²) in [5, 5.41) is 10.1. The van der Waals surface area contributed by atoms with Crippen LogP contribution in [0.15, 0.2) is 90.0 Å². The molecule has 7 heteroatoms. The van der Waals surface area contributed by atoms with Crippen LogP contribution in [0.2, 0.25) is 0 Å². The molecule has 0 saturated heterocycles. The van der Waals surface area contributed by atoms with Crippen molar-refractivity contribution in [2.45, 2.75) is 24.1 Å². The van der Waals surface area contributed by atoms with Gasteiger partial charge in [0.15, 0.2) is 5.78 Å². The van der Waals surface area contributed by atoms with Crippen LogP contribution in [-0.2, 0) is 5.75 Å². The Bertz CT molecular complexity index is 1530. The minimum atomic E-state index is -2.78. The van der Waals surface area contributed by atoms with Crippen molar-refractivity contribution in [3.8, 4) is 22.9 Å². The number of aromatic nitrogens is 1. The maximum atomic E-state index is 13.7. The highest BCUT2D eigenvalue weighted by molar-refractivity contribution is 7.98. The summed E-state index contributed by atoms with van der Waals surface area (Å²) in [4.78, 5) is 16.7. The van der Waals surface area contributed by atoms with Gasteiger partial charge in [-0.3, -0.25) is 4.79 Å². The maximum absolute atomic E-state index is 13.7. The Hall–Kier alpha value is -4.28. The second-order valence-electron chi connectivity index (χ2n) is 8.48. The average Bonchev–Trinajstić information content (AvgIpc) is 2.94. The molecule has 4 rings (SSSR count). The van der Waals surface area contributed by atoms with E-state index in [1.165, 1.54) is 23.9 Å². The number of nitrogens with zero attached hydrogens (tertiary/aromatic N) is 2. The van der Waals surface area contributed by atoms with E-state index in [0.29, 0.717) is 28.2 Å². The number of benzene rings is 3. The molecule has 0 atom stereocenters. The van der Waals surface area contributed by atoms with Gasteiger partial charge in [-0.25, -0.2) is 13.8 Å². The fraction of sp³-hybridized carbons (Fsp3) is 0.129. The molecule has 1 heterocycles. The average molecular weight is 527 g/mol. The number of allylic oxidation sites excluding steroid dienone is 1. The largest absolute Gasteiger partial charge is 0.496 e. The number of methoxy groups -OCH3 is 1. The molecular formula is C31H24F2N2O2S. The Morgan fingerprint density at radius 3 is 2.55 bits per heavy atom. The van der Waals surface area contributed by atoms with Crippen molar-refractivity contribution in [1.82, 2.24) is 4.98 Å². The molecule has 0 unspecified atom stereocenters. The van der Waals surface area contributed by atoms with Crippen molar-refractivity contribution < 1.29 is 18.3 Å². The van der Waals surface area contributed by atoms with Gasteiger partial charge in [0.2, 0.25) is 0 Å². The summed E-state index contributed by atoms with van der Waals surface area (Å²) in [5.41, 5.74) is 4.10. The van der Waals surface area contributed by atoms with E-state index in [4.69, 9.17) is 4.74 Å². The van der Waals surface area contributed by atoms with Crippen LogP contribution < -0.4 is 4.74 Å². The molecule has 0 bridgehead atoms. The van der Waals surface area contributed by atoms with Gasteiger partial charge in [0.25, 0.3) is 6.43 Å². The molecule has 38 heavy (non-hydrogen) atoms. The van der Waals surface area contributed by atoms with Crippen molar-refractivity contribution in [2.24, 2.45) is 0 Å². The number of nitriles is 1. The quantitative estimate of drug-likeness (QED) is 0.125. The predicted molar refractivity (Wildman–Crippen MR) is 146 cm³/mol. The summed E-state index contributed by atoms with van der Waals surface area (Å²) >= 11 is 1.19. The first-order valence-electron chi connectivity index (χ1n) is 11.8. The Morgan fingerprint density at radius 1 is 1.08 bits per heavy atom. The van der Waals surface area contributed by atoms with Crippen LogP contribution in [0.25, 0.3) is 17.2 Å². The highest BCUT2D eigenvalue weighted by atomic mass is 32.2. The normalized spacial score (nSPS) is 11.1. The first-order chi connectivity index (χ1) is 18.4. The smallest absolute Gasteiger partial charge is 0.280 e. The Morgan fingerprint density at radius 2 is 1.87 bits per heavy atom. The van der Waals surface area contributed by atoms with Gasteiger partial charge in [-0.05, 0) is 48.4 Å². The van der Waals surface area contributed by atoms with Crippen molar-refractivity contribution in [3.05, 3.63) is 118 Å². The van der Waals surface area contributed by atoms with E-state index >= 15 is 0 Å². The van der Waals surface area contributed by atoms with Gasteiger partial charge in [-0.1, -0.05) is 66.2 Å². The minimum Gasteiger partial charge on any atom is -0.496 e. The van der Waals surface area contributed by atoms with Gasteiger partial charge in [-0.2, -0.15) is 5.26 Å². The molecule has 0 saturated carbocycles. The Balaban J connectivity index is 1.63. The van der Waals surface area contributed by atoms with E-state index in [2.05, 4.69) is 11.1 Å². The van der Waals surface area contributed by atoms with Crippen LogP contribution in [-0.4, -0.2) is 17.9 Å². The molecule has 0 aliphatic carbocycles. The number of aryl methyl sites for hydroxylation is 1. The molecular weight excluding hydrogens is 502 g/mol.